The number of piperidine rings is 1. The summed E-state index contributed by atoms with van der Waals surface area (Å²) < 4.78 is 1.94. The fourth-order valence-corrected chi connectivity index (χ4v) is 3.33. The standard InChI is InChI=1S/C19H27N5O/c1-4-23(14-18-20-9-11-22(18)3)19(25)16-7-8-17(21-12-16)24-10-5-6-15(2)13-24/h7-9,11-12,15H,4-6,10,13-14H2,1-3H3/t15-/m1/s1. The molecule has 2 aromatic heterocycles. The predicted molar refractivity (Wildman–Crippen MR) is 98.5 cm³/mol. The molecule has 1 atom stereocenters. The van der Waals surface area contributed by atoms with Crippen molar-refractivity contribution in [2.24, 2.45) is 13.0 Å². The van der Waals surface area contributed by atoms with Crippen LogP contribution in [0.15, 0.2) is 30.7 Å². The minimum Gasteiger partial charge on any atom is -0.356 e. The van der Waals surface area contributed by atoms with Gasteiger partial charge in [-0.25, -0.2) is 9.97 Å². The molecule has 6 nitrogen and oxygen atoms in total. The van der Waals surface area contributed by atoms with Crippen molar-refractivity contribution in [3.63, 3.8) is 0 Å². The number of pyridine rings is 1. The number of anilines is 1. The second kappa shape index (κ2) is 7.68. The Labute approximate surface area is 149 Å². The third-order valence-electron chi connectivity index (χ3n) is 4.90. The molecule has 134 valence electrons. The highest BCUT2D eigenvalue weighted by Gasteiger charge is 2.20. The van der Waals surface area contributed by atoms with E-state index >= 15 is 0 Å². The smallest absolute Gasteiger partial charge is 0.255 e. The molecule has 2 aromatic rings. The molecule has 1 aliphatic rings. The summed E-state index contributed by atoms with van der Waals surface area (Å²) >= 11 is 0. The number of aromatic nitrogens is 3. The third kappa shape index (κ3) is 4.00. The average Bonchev–Trinajstić information content (AvgIpc) is 3.04. The molecule has 0 spiro atoms. The number of amides is 1. The lowest BCUT2D eigenvalue weighted by Crippen LogP contribution is -2.35. The van der Waals surface area contributed by atoms with E-state index in [0.717, 1.165) is 24.7 Å². The minimum atomic E-state index is -0.00318. The number of carbonyl (C=O) groups is 1. The zero-order valence-electron chi connectivity index (χ0n) is 15.4. The maximum Gasteiger partial charge on any atom is 0.255 e. The Hall–Kier alpha value is -2.37. The quantitative estimate of drug-likeness (QED) is 0.839. The van der Waals surface area contributed by atoms with Gasteiger partial charge in [0.25, 0.3) is 5.91 Å². The molecule has 0 radical (unpaired) electrons. The van der Waals surface area contributed by atoms with Crippen LogP contribution >= 0.6 is 0 Å². The first-order chi connectivity index (χ1) is 12.1. The molecule has 3 rings (SSSR count). The Balaban J connectivity index is 1.69. The Kier molecular flexibility index (Phi) is 5.36. The van der Waals surface area contributed by atoms with Crippen molar-refractivity contribution >= 4 is 11.7 Å². The number of imidazole rings is 1. The fourth-order valence-electron chi connectivity index (χ4n) is 3.33. The number of rotatable bonds is 5. The van der Waals surface area contributed by atoms with E-state index in [1.807, 2.05) is 36.9 Å². The molecule has 1 aliphatic heterocycles. The zero-order chi connectivity index (χ0) is 17.8. The number of aryl methyl sites for hydroxylation is 1. The van der Waals surface area contributed by atoms with Gasteiger partial charge in [0.1, 0.15) is 11.6 Å². The zero-order valence-corrected chi connectivity index (χ0v) is 15.4. The summed E-state index contributed by atoms with van der Waals surface area (Å²) in [6, 6.07) is 3.87. The van der Waals surface area contributed by atoms with Gasteiger partial charge < -0.3 is 14.4 Å². The molecule has 3 heterocycles. The number of carbonyl (C=O) groups excluding carboxylic acids is 1. The van der Waals surface area contributed by atoms with Gasteiger partial charge in [-0.2, -0.15) is 0 Å². The second-order valence-electron chi connectivity index (χ2n) is 6.87. The van der Waals surface area contributed by atoms with Gasteiger partial charge in [-0.15, -0.1) is 0 Å². The SMILES string of the molecule is CCN(Cc1nccn1C)C(=O)c1ccc(N2CCC[C@@H](C)C2)nc1. The summed E-state index contributed by atoms with van der Waals surface area (Å²) in [7, 11) is 1.94. The van der Waals surface area contributed by atoms with Gasteiger partial charge in [-0.1, -0.05) is 6.92 Å². The molecule has 1 amide bonds. The Bertz CT molecular complexity index is 709. The fraction of sp³-hybridized carbons (Fsp3) is 0.526. The van der Waals surface area contributed by atoms with Gasteiger partial charge >= 0.3 is 0 Å². The van der Waals surface area contributed by atoms with Crippen LogP contribution in [0, 0.1) is 5.92 Å². The summed E-state index contributed by atoms with van der Waals surface area (Å²) in [6.45, 7) is 7.49. The predicted octanol–water partition coefficient (Wildman–Crippen LogP) is 2.71. The highest BCUT2D eigenvalue weighted by Crippen LogP contribution is 2.21. The van der Waals surface area contributed by atoms with Crippen LogP contribution in [0.25, 0.3) is 0 Å². The van der Waals surface area contributed by atoms with Crippen molar-refractivity contribution in [3.8, 4) is 0 Å². The van der Waals surface area contributed by atoms with Gasteiger partial charge in [0.05, 0.1) is 12.1 Å². The molecular weight excluding hydrogens is 314 g/mol. The number of hydrogen-bond acceptors (Lipinski definition) is 4. The maximum atomic E-state index is 12.8. The van der Waals surface area contributed by atoms with E-state index in [1.54, 1.807) is 17.3 Å². The van der Waals surface area contributed by atoms with E-state index in [0.29, 0.717) is 24.6 Å². The highest BCUT2D eigenvalue weighted by atomic mass is 16.2. The molecule has 0 saturated carbocycles. The minimum absolute atomic E-state index is 0.00318. The molecule has 0 aliphatic carbocycles. The van der Waals surface area contributed by atoms with Crippen molar-refractivity contribution in [2.75, 3.05) is 24.5 Å². The third-order valence-corrected chi connectivity index (χ3v) is 4.90. The van der Waals surface area contributed by atoms with Crippen LogP contribution in [-0.2, 0) is 13.6 Å². The molecule has 0 aromatic carbocycles. The summed E-state index contributed by atoms with van der Waals surface area (Å²) in [5.41, 5.74) is 0.630. The lowest BCUT2D eigenvalue weighted by Gasteiger charge is -2.31. The van der Waals surface area contributed by atoms with Crippen LogP contribution < -0.4 is 4.90 Å². The lowest BCUT2D eigenvalue weighted by molar-refractivity contribution is 0.0747. The topological polar surface area (TPSA) is 54.3 Å². The maximum absolute atomic E-state index is 12.8. The molecule has 0 unspecified atom stereocenters. The van der Waals surface area contributed by atoms with E-state index < -0.39 is 0 Å². The number of hydrogen-bond donors (Lipinski definition) is 0. The summed E-state index contributed by atoms with van der Waals surface area (Å²) in [6.07, 6.45) is 7.84. The second-order valence-corrected chi connectivity index (χ2v) is 6.87. The van der Waals surface area contributed by atoms with Crippen LogP contribution in [0.3, 0.4) is 0 Å². The van der Waals surface area contributed by atoms with Gasteiger partial charge in [0, 0.05) is 45.3 Å². The normalized spacial score (nSPS) is 17.6. The van der Waals surface area contributed by atoms with Gasteiger partial charge in [-0.3, -0.25) is 4.79 Å². The largest absolute Gasteiger partial charge is 0.356 e. The van der Waals surface area contributed by atoms with E-state index in [9.17, 15) is 4.79 Å². The Morgan fingerprint density at radius 1 is 1.36 bits per heavy atom. The molecule has 25 heavy (non-hydrogen) atoms. The number of nitrogens with zero attached hydrogens (tertiary/aromatic N) is 5. The summed E-state index contributed by atoms with van der Waals surface area (Å²) in [5.74, 6) is 2.54. The monoisotopic (exact) mass is 341 g/mol. The Morgan fingerprint density at radius 2 is 2.20 bits per heavy atom. The molecule has 0 bridgehead atoms. The average molecular weight is 341 g/mol. The van der Waals surface area contributed by atoms with Gasteiger partial charge in [-0.05, 0) is 37.8 Å². The van der Waals surface area contributed by atoms with Gasteiger partial charge in [0.2, 0.25) is 0 Å². The summed E-state index contributed by atoms with van der Waals surface area (Å²) in [5, 5.41) is 0. The highest BCUT2D eigenvalue weighted by molar-refractivity contribution is 5.94. The molecule has 1 fully saturated rings. The van der Waals surface area contributed by atoms with Crippen LogP contribution in [0.5, 0.6) is 0 Å². The molecule has 6 heteroatoms. The van der Waals surface area contributed by atoms with Crippen molar-refractivity contribution in [2.45, 2.75) is 33.2 Å². The van der Waals surface area contributed by atoms with Gasteiger partial charge in [0.15, 0.2) is 0 Å². The van der Waals surface area contributed by atoms with E-state index in [2.05, 4.69) is 21.8 Å². The molecule has 0 N–H and O–H groups in total. The first-order valence-electron chi connectivity index (χ1n) is 9.05. The van der Waals surface area contributed by atoms with Crippen LogP contribution in [0.1, 0.15) is 42.9 Å². The first-order valence-corrected chi connectivity index (χ1v) is 9.05. The Morgan fingerprint density at radius 3 is 2.80 bits per heavy atom. The van der Waals surface area contributed by atoms with Crippen molar-refractivity contribution in [1.82, 2.24) is 19.4 Å². The summed E-state index contributed by atoms with van der Waals surface area (Å²) in [4.78, 5) is 25.8. The molecule has 1 saturated heterocycles. The molecular formula is C19H27N5O. The van der Waals surface area contributed by atoms with Crippen LogP contribution in [-0.4, -0.2) is 45.0 Å². The van der Waals surface area contributed by atoms with E-state index in [1.165, 1.54) is 12.8 Å². The van der Waals surface area contributed by atoms with Crippen molar-refractivity contribution in [3.05, 3.63) is 42.1 Å². The van der Waals surface area contributed by atoms with E-state index in [4.69, 9.17) is 0 Å². The van der Waals surface area contributed by atoms with E-state index in [-0.39, 0.29) is 5.91 Å². The van der Waals surface area contributed by atoms with Crippen LogP contribution in [0.2, 0.25) is 0 Å². The van der Waals surface area contributed by atoms with Crippen molar-refractivity contribution < 1.29 is 4.79 Å². The van der Waals surface area contributed by atoms with Crippen molar-refractivity contribution in [1.29, 1.82) is 0 Å². The first kappa shape index (κ1) is 17.5. The van der Waals surface area contributed by atoms with Crippen LogP contribution in [0.4, 0.5) is 5.82 Å². The lowest BCUT2D eigenvalue weighted by atomic mass is 10.0.